The van der Waals surface area contributed by atoms with Crippen molar-refractivity contribution in [2.75, 3.05) is 13.6 Å². The van der Waals surface area contributed by atoms with Crippen LogP contribution >= 0.6 is 0 Å². The van der Waals surface area contributed by atoms with E-state index in [1.54, 1.807) is 6.92 Å². The molecular formula is C8H14F3NO2. The predicted molar refractivity (Wildman–Crippen MR) is 45.0 cm³/mol. The van der Waals surface area contributed by atoms with Gasteiger partial charge in [0.2, 0.25) is 0 Å². The number of carbonyl (C=O) groups is 1. The van der Waals surface area contributed by atoms with E-state index in [0.29, 0.717) is 6.42 Å². The molecule has 0 aliphatic rings. The van der Waals surface area contributed by atoms with Crippen LogP contribution in [-0.4, -0.2) is 41.8 Å². The van der Waals surface area contributed by atoms with E-state index in [4.69, 9.17) is 5.11 Å². The molecule has 3 nitrogen and oxygen atoms in total. The van der Waals surface area contributed by atoms with Crippen LogP contribution in [0.3, 0.4) is 0 Å². The third-order valence-corrected chi connectivity index (χ3v) is 1.81. The van der Waals surface area contributed by atoms with Crippen molar-refractivity contribution >= 4 is 5.97 Å². The highest BCUT2D eigenvalue weighted by Gasteiger charge is 2.33. The van der Waals surface area contributed by atoms with Gasteiger partial charge in [-0.2, -0.15) is 13.2 Å². The number of hydrogen-bond acceptors (Lipinski definition) is 2. The van der Waals surface area contributed by atoms with Gasteiger partial charge in [-0.1, -0.05) is 13.3 Å². The number of carboxylic acids is 1. The molecule has 1 unspecified atom stereocenters. The Labute approximate surface area is 80.5 Å². The highest BCUT2D eigenvalue weighted by Crippen LogP contribution is 2.18. The minimum absolute atomic E-state index is 0.224. The predicted octanol–water partition coefficient (Wildman–Crippen LogP) is 1.73. The molecule has 0 heterocycles. The second kappa shape index (κ2) is 5.19. The minimum atomic E-state index is -4.35. The third-order valence-electron chi connectivity index (χ3n) is 1.81. The number of carboxylic acid groups (broad SMARTS) is 1. The van der Waals surface area contributed by atoms with Crippen molar-refractivity contribution in [1.29, 1.82) is 0 Å². The Bertz CT molecular complexity index is 194. The van der Waals surface area contributed by atoms with Crippen LogP contribution in [0, 0.1) is 0 Å². The van der Waals surface area contributed by atoms with Crippen molar-refractivity contribution in [2.24, 2.45) is 0 Å². The number of nitrogens with zero attached hydrogens (tertiary/aromatic N) is 1. The average Bonchev–Trinajstić information content (AvgIpc) is 1.95. The molecule has 0 aliphatic heterocycles. The number of alkyl halides is 3. The Kier molecular flexibility index (Phi) is 4.90. The molecule has 0 amide bonds. The molecule has 0 bridgehead atoms. The smallest absolute Gasteiger partial charge is 0.401 e. The van der Waals surface area contributed by atoms with Gasteiger partial charge in [-0.25, -0.2) is 0 Å². The summed E-state index contributed by atoms with van der Waals surface area (Å²) < 4.78 is 35.8. The molecule has 0 rings (SSSR count). The SMILES string of the molecule is CCCC(C(=O)O)N(C)CC(F)(F)F. The van der Waals surface area contributed by atoms with E-state index in [1.807, 2.05) is 0 Å². The van der Waals surface area contributed by atoms with Gasteiger partial charge in [-0.3, -0.25) is 9.69 Å². The van der Waals surface area contributed by atoms with Gasteiger partial charge in [0.05, 0.1) is 6.54 Å². The van der Waals surface area contributed by atoms with Gasteiger partial charge in [-0.05, 0) is 13.5 Å². The summed E-state index contributed by atoms with van der Waals surface area (Å²) in [5, 5.41) is 8.66. The summed E-state index contributed by atoms with van der Waals surface area (Å²) >= 11 is 0. The van der Waals surface area contributed by atoms with Gasteiger partial charge in [0.15, 0.2) is 0 Å². The highest BCUT2D eigenvalue weighted by atomic mass is 19.4. The number of aliphatic carboxylic acids is 1. The minimum Gasteiger partial charge on any atom is -0.480 e. The zero-order valence-electron chi connectivity index (χ0n) is 8.14. The Hall–Kier alpha value is -0.780. The number of halogens is 3. The Morgan fingerprint density at radius 1 is 1.50 bits per heavy atom. The molecule has 1 N–H and O–H groups in total. The first-order valence-corrected chi connectivity index (χ1v) is 4.27. The van der Waals surface area contributed by atoms with Gasteiger partial charge in [0.25, 0.3) is 0 Å². The lowest BCUT2D eigenvalue weighted by Gasteiger charge is -2.24. The van der Waals surface area contributed by atoms with Crippen molar-refractivity contribution in [3.8, 4) is 0 Å². The van der Waals surface area contributed by atoms with E-state index < -0.39 is 24.7 Å². The van der Waals surface area contributed by atoms with E-state index in [9.17, 15) is 18.0 Å². The lowest BCUT2D eigenvalue weighted by molar-refractivity contribution is -0.159. The average molecular weight is 213 g/mol. The standard InChI is InChI=1S/C8H14F3NO2/c1-3-4-6(7(13)14)12(2)5-8(9,10)11/h6H,3-5H2,1-2H3,(H,13,14). The summed E-state index contributed by atoms with van der Waals surface area (Å²) in [6.07, 6.45) is -3.59. The molecule has 84 valence electrons. The molecular weight excluding hydrogens is 199 g/mol. The summed E-state index contributed by atoms with van der Waals surface area (Å²) in [6, 6.07) is -1.05. The van der Waals surface area contributed by atoms with Crippen LogP contribution < -0.4 is 0 Å². The van der Waals surface area contributed by atoms with Crippen molar-refractivity contribution in [1.82, 2.24) is 4.90 Å². The first kappa shape index (κ1) is 13.2. The highest BCUT2D eigenvalue weighted by molar-refractivity contribution is 5.73. The van der Waals surface area contributed by atoms with Gasteiger partial charge in [0.1, 0.15) is 6.04 Å². The molecule has 0 fully saturated rings. The first-order valence-electron chi connectivity index (χ1n) is 4.27. The summed E-state index contributed by atoms with van der Waals surface area (Å²) in [4.78, 5) is 11.4. The molecule has 6 heteroatoms. The Morgan fingerprint density at radius 3 is 2.29 bits per heavy atom. The second-order valence-electron chi connectivity index (χ2n) is 3.17. The van der Waals surface area contributed by atoms with E-state index in [1.165, 1.54) is 7.05 Å². The first-order chi connectivity index (χ1) is 6.28. The van der Waals surface area contributed by atoms with Crippen LogP contribution in [0.15, 0.2) is 0 Å². The zero-order chi connectivity index (χ0) is 11.4. The maximum Gasteiger partial charge on any atom is 0.401 e. The van der Waals surface area contributed by atoms with Crippen LogP contribution in [0.2, 0.25) is 0 Å². The molecule has 14 heavy (non-hydrogen) atoms. The van der Waals surface area contributed by atoms with Crippen molar-refractivity contribution < 1.29 is 23.1 Å². The summed E-state index contributed by atoms with van der Waals surface area (Å²) in [6.45, 7) is 0.543. The molecule has 0 aromatic rings. The maximum atomic E-state index is 11.9. The van der Waals surface area contributed by atoms with E-state index in [2.05, 4.69) is 0 Å². The molecule has 0 radical (unpaired) electrons. The van der Waals surface area contributed by atoms with E-state index >= 15 is 0 Å². The fraction of sp³-hybridized carbons (Fsp3) is 0.875. The lowest BCUT2D eigenvalue weighted by atomic mass is 10.1. The number of hydrogen-bond donors (Lipinski definition) is 1. The van der Waals surface area contributed by atoms with E-state index in [0.717, 1.165) is 4.90 Å². The summed E-state index contributed by atoms with van der Waals surface area (Å²) in [5.74, 6) is -1.21. The Balaban J connectivity index is 4.29. The van der Waals surface area contributed by atoms with Gasteiger partial charge in [-0.15, -0.1) is 0 Å². The van der Waals surface area contributed by atoms with Gasteiger partial charge in [0, 0.05) is 0 Å². The van der Waals surface area contributed by atoms with Gasteiger partial charge >= 0.3 is 12.1 Å². The fourth-order valence-electron chi connectivity index (χ4n) is 1.20. The number of likely N-dealkylation sites (N-methyl/N-ethyl adjacent to an activating group) is 1. The summed E-state index contributed by atoms with van der Waals surface area (Å²) in [5.41, 5.74) is 0. The van der Waals surface area contributed by atoms with Crippen molar-refractivity contribution in [3.05, 3.63) is 0 Å². The molecule has 0 aromatic heterocycles. The molecule has 0 aliphatic carbocycles. The van der Waals surface area contributed by atoms with Crippen LogP contribution in [0.1, 0.15) is 19.8 Å². The number of rotatable bonds is 5. The van der Waals surface area contributed by atoms with Crippen LogP contribution in [-0.2, 0) is 4.79 Å². The molecule has 0 spiro atoms. The summed E-state index contributed by atoms with van der Waals surface area (Å²) in [7, 11) is 1.17. The van der Waals surface area contributed by atoms with Gasteiger partial charge < -0.3 is 5.11 Å². The third kappa shape index (κ3) is 5.06. The zero-order valence-corrected chi connectivity index (χ0v) is 8.14. The molecule has 1 atom stereocenters. The quantitative estimate of drug-likeness (QED) is 0.756. The molecule has 0 saturated carbocycles. The fourth-order valence-corrected chi connectivity index (χ4v) is 1.20. The Morgan fingerprint density at radius 2 is 2.00 bits per heavy atom. The normalized spacial score (nSPS) is 14.4. The van der Waals surface area contributed by atoms with Crippen molar-refractivity contribution in [2.45, 2.75) is 32.0 Å². The second-order valence-corrected chi connectivity index (χ2v) is 3.17. The van der Waals surface area contributed by atoms with Crippen LogP contribution in [0.5, 0.6) is 0 Å². The molecule has 0 saturated heterocycles. The lowest BCUT2D eigenvalue weighted by Crippen LogP contribution is -2.43. The topological polar surface area (TPSA) is 40.5 Å². The van der Waals surface area contributed by atoms with Crippen LogP contribution in [0.4, 0.5) is 13.2 Å². The maximum absolute atomic E-state index is 11.9. The van der Waals surface area contributed by atoms with Crippen LogP contribution in [0.25, 0.3) is 0 Å². The monoisotopic (exact) mass is 213 g/mol. The molecule has 0 aromatic carbocycles. The largest absolute Gasteiger partial charge is 0.480 e. The van der Waals surface area contributed by atoms with E-state index in [-0.39, 0.29) is 6.42 Å². The van der Waals surface area contributed by atoms with Crippen molar-refractivity contribution in [3.63, 3.8) is 0 Å².